The fraction of sp³-hybridized carbons (Fsp3) is 0. The summed E-state index contributed by atoms with van der Waals surface area (Å²) >= 11 is 0. The molecule has 0 aliphatic carbocycles. The smallest absolute Gasteiger partial charge is 0.364 e. The van der Waals surface area contributed by atoms with E-state index in [-0.39, 0.29) is 0 Å². The second-order valence-corrected chi connectivity index (χ2v) is 2.17. The molecule has 0 aromatic heterocycles. The van der Waals surface area contributed by atoms with Gasteiger partial charge in [-0.1, -0.05) is 6.58 Å². The van der Waals surface area contributed by atoms with E-state index in [1.165, 1.54) is 0 Å². The third kappa shape index (κ3) is 45.0. The molecule has 0 rings (SSSR count). The zero-order valence-electron chi connectivity index (χ0n) is 4.85. The van der Waals surface area contributed by atoms with Crippen LogP contribution in [0.15, 0.2) is 12.8 Å². The van der Waals surface area contributed by atoms with Crippen molar-refractivity contribution < 1.29 is 28.3 Å². The normalized spacial score (nSPS) is 11.2. The van der Waals surface area contributed by atoms with Crippen LogP contribution < -0.4 is 0 Å². The van der Waals surface area contributed by atoms with Gasteiger partial charge in [-0.25, -0.2) is 4.57 Å². The van der Waals surface area contributed by atoms with Crippen molar-refractivity contribution in [3.05, 3.63) is 12.8 Å². The summed E-state index contributed by atoms with van der Waals surface area (Å²) in [6.45, 7) is 3.04. The Kier molecular flexibility index (Phi) is 11.1. The summed E-state index contributed by atoms with van der Waals surface area (Å²) in [4.78, 5) is 22.1. The summed E-state index contributed by atoms with van der Waals surface area (Å²) in [6, 6.07) is 0. The summed E-state index contributed by atoms with van der Waals surface area (Å²) in [7, 11) is -5.88. The molecule has 0 saturated heterocycles. The highest BCUT2D eigenvalue weighted by Gasteiger charge is 1.77. The van der Waals surface area contributed by atoms with Crippen molar-refractivity contribution in [1.82, 2.24) is 0 Å². The van der Waals surface area contributed by atoms with Crippen molar-refractivity contribution in [3.63, 3.8) is 0 Å². The molecule has 0 spiro atoms. The van der Waals surface area contributed by atoms with E-state index < -0.39 is 16.5 Å². The average Bonchev–Trinajstić information content (AvgIpc) is 1.62. The number of hydrogen-bond acceptors (Lipinski definition) is 3. The van der Waals surface area contributed by atoms with Crippen LogP contribution in [0.1, 0.15) is 0 Å². The largest absolute Gasteiger partial charge is 0.435 e. The minimum absolute atomic E-state index is 0.932. The third-order valence-electron chi connectivity index (χ3n) is 0.184. The van der Waals surface area contributed by atoms with E-state index in [2.05, 4.69) is 11.1 Å². The van der Waals surface area contributed by atoms with Gasteiger partial charge >= 0.3 is 16.5 Å². The minimum atomic E-state index is -3.13. The van der Waals surface area contributed by atoms with Crippen molar-refractivity contribution in [1.29, 1.82) is 0 Å². The predicted octanol–water partition coefficient (Wildman–Crippen LogP) is -0.111. The molecule has 0 radical (unpaired) electrons. The lowest BCUT2D eigenvalue weighted by Gasteiger charge is -1.84. The highest BCUT2D eigenvalue weighted by atomic mass is 31.1. The molecule has 0 aromatic rings. The summed E-state index contributed by atoms with van der Waals surface area (Å²) in [6.07, 6.45) is 0.932. The Morgan fingerprint density at radius 2 is 1.60 bits per heavy atom. The van der Waals surface area contributed by atoms with Crippen molar-refractivity contribution >= 4 is 16.5 Å². The second-order valence-electron chi connectivity index (χ2n) is 0.833. The molecular weight excluding hydrogens is 182 g/mol. The molecule has 0 saturated carbocycles. The Morgan fingerprint density at radius 1 is 1.30 bits per heavy atom. The van der Waals surface area contributed by atoms with E-state index >= 15 is 0 Å². The Bertz CT molecular complexity index is 128. The molecule has 10 heavy (non-hydrogen) atoms. The molecule has 0 bridgehead atoms. The first-order valence-electron chi connectivity index (χ1n) is 1.93. The van der Waals surface area contributed by atoms with Crippen LogP contribution in [0.25, 0.3) is 0 Å². The number of rotatable bonds is 2. The zero-order chi connectivity index (χ0) is 8.57. The summed E-state index contributed by atoms with van der Waals surface area (Å²) in [5, 5.41) is 0. The van der Waals surface area contributed by atoms with Crippen LogP contribution in [-0.4, -0.2) is 14.7 Å². The maximum absolute atomic E-state index is 9.49. The van der Waals surface area contributed by atoms with Crippen LogP contribution in [0, 0.1) is 0 Å². The van der Waals surface area contributed by atoms with Gasteiger partial charge in [0.05, 0.1) is 6.26 Å². The van der Waals surface area contributed by atoms with Crippen LogP contribution in [-0.2, 0) is 13.7 Å². The standard InChI is InChI=1S/C2H5O3P.H3O3P/c1-2-5-6(3)4;1-4(2)3/h2,6H,1H2,(H,3,4);4H,(H2,1,2,3). The first kappa shape index (κ1) is 12.5. The lowest BCUT2D eigenvalue weighted by molar-refractivity contribution is 0.379. The van der Waals surface area contributed by atoms with Gasteiger partial charge in [0.2, 0.25) is 0 Å². The molecule has 0 aliphatic heterocycles. The van der Waals surface area contributed by atoms with Crippen LogP contribution in [0.2, 0.25) is 0 Å². The van der Waals surface area contributed by atoms with Gasteiger partial charge in [-0.2, -0.15) is 0 Å². The molecule has 8 heteroatoms. The summed E-state index contributed by atoms with van der Waals surface area (Å²) < 4.78 is 22.1. The maximum atomic E-state index is 9.49. The molecule has 0 amide bonds. The molecular formula is C2H8O6P2. The maximum Gasteiger partial charge on any atom is 0.364 e. The van der Waals surface area contributed by atoms with Crippen LogP contribution in [0.3, 0.4) is 0 Å². The SMILES string of the molecule is C=CO[PH](=O)O.O=[PH](O)O. The van der Waals surface area contributed by atoms with Gasteiger partial charge < -0.3 is 19.2 Å². The minimum Gasteiger partial charge on any atom is -0.435 e. The van der Waals surface area contributed by atoms with E-state index in [0.717, 1.165) is 6.26 Å². The molecule has 0 fully saturated rings. The fourth-order valence-electron chi connectivity index (χ4n) is 0.0713. The van der Waals surface area contributed by atoms with Gasteiger partial charge in [-0.3, -0.25) is 4.57 Å². The molecule has 1 unspecified atom stereocenters. The monoisotopic (exact) mass is 190 g/mol. The van der Waals surface area contributed by atoms with Crippen molar-refractivity contribution in [3.8, 4) is 0 Å². The Balaban J connectivity index is 0. The zero-order valence-corrected chi connectivity index (χ0v) is 6.85. The molecule has 0 aliphatic rings. The lowest BCUT2D eigenvalue weighted by atomic mass is 11.2. The van der Waals surface area contributed by atoms with Gasteiger partial charge in [0, 0.05) is 0 Å². The summed E-state index contributed by atoms with van der Waals surface area (Å²) in [5.41, 5.74) is 0. The Labute approximate surface area is 58.7 Å². The molecule has 0 heterocycles. The van der Waals surface area contributed by atoms with E-state index in [9.17, 15) is 4.57 Å². The van der Waals surface area contributed by atoms with Gasteiger partial charge in [0.1, 0.15) is 0 Å². The predicted molar refractivity (Wildman–Crippen MR) is 35.9 cm³/mol. The highest BCUT2D eigenvalue weighted by molar-refractivity contribution is 7.32. The van der Waals surface area contributed by atoms with Gasteiger partial charge in [-0.15, -0.1) is 0 Å². The van der Waals surface area contributed by atoms with E-state index in [4.69, 9.17) is 19.2 Å². The second kappa shape index (κ2) is 8.88. The van der Waals surface area contributed by atoms with Crippen molar-refractivity contribution in [2.75, 3.05) is 0 Å². The van der Waals surface area contributed by atoms with Crippen LogP contribution in [0.5, 0.6) is 0 Å². The quantitative estimate of drug-likeness (QED) is 0.414. The lowest BCUT2D eigenvalue weighted by Crippen LogP contribution is -1.55. The molecule has 6 nitrogen and oxygen atoms in total. The third-order valence-corrected chi connectivity index (χ3v) is 0.552. The van der Waals surface area contributed by atoms with Crippen molar-refractivity contribution in [2.45, 2.75) is 0 Å². The number of hydrogen-bond donors (Lipinski definition) is 3. The highest BCUT2D eigenvalue weighted by Crippen LogP contribution is 2.12. The van der Waals surface area contributed by atoms with E-state index in [1.54, 1.807) is 0 Å². The van der Waals surface area contributed by atoms with Gasteiger partial charge in [-0.05, 0) is 0 Å². The average molecular weight is 190 g/mol. The molecule has 1 atom stereocenters. The topological polar surface area (TPSA) is 104 Å². The van der Waals surface area contributed by atoms with E-state index in [1.807, 2.05) is 0 Å². The van der Waals surface area contributed by atoms with Crippen molar-refractivity contribution in [2.24, 2.45) is 0 Å². The Hall–Kier alpha value is -0.120. The van der Waals surface area contributed by atoms with Gasteiger partial charge in [0.25, 0.3) is 0 Å². The van der Waals surface area contributed by atoms with Crippen LogP contribution in [0.4, 0.5) is 0 Å². The fourth-order valence-corrected chi connectivity index (χ4v) is 0.214. The van der Waals surface area contributed by atoms with Gasteiger partial charge in [0.15, 0.2) is 0 Å². The molecule has 3 N–H and O–H groups in total. The Morgan fingerprint density at radius 3 is 1.60 bits per heavy atom. The first-order valence-corrected chi connectivity index (χ1v) is 4.49. The summed E-state index contributed by atoms with van der Waals surface area (Å²) in [5.74, 6) is 0. The molecule has 0 aromatic carbocycles. The molecule has 62 valence electrons. The van der Waals surface area contributed by atoms with Crippen LogP contribution >= 0.6 is 16.5 Å². The first-order chi connectivity index (χ1) is 4.50. The van der Waals surface area contributed by atoms with E-state index in [0.29, 0.717) is 0 Å².